The molecule has 0 aliphatic carbocycles. The van der Waals surface area contributed by atoms with E-state index in [0.717, 1.165) is 11.3 Å². The summed E-state index contributed by atoms with van der Waals surface area (Å²) in [5, 5.41) is 11.5. The molecule has 1 heterocycles. The van der Waals surface area contributed by atoms with Crippen molar-refractivity contribution in [2.24, 2.45) is 11.8 Å². The third-order valence-corrected chi connectivity index (χ3v) is 3.28. The second kappa shape index (κ2) is 5.74. The molecule has 1 atom stereocenters. The molecule has 1 aliphatic heterocycles. The van der Waals surface area contributed by atoms with Crippen LogP contribution >= 0.6 is 0 Å². The molecule has 1 aromatic rings. The van der Waals surface area contributed by atoms with Crippen LogP contribution in [0.25, 0.3) is 0 Å². The van der Waals surface area contributed by atoms with Crippen LogP contribution < -0.4 is 10.2 Å². The normalized spacial score (nSPS) is 18.9. The number of nitrogens with one attached hydrogen (secondary N) is 1. The molecule has 0 saturated carbocycles. The molecule has 0 bridgehead atoms. The first kappa shape index (κ1) is 14.1. The van der Waals surface area contributed by atoms with Crippen molar-refractivity contribution < 1.29 is 9.59 Å². The van der Waals surface area contributed by atoms with Gasteiger partial charge in [0.1, 0.15) is 0 Å². The van der Waals surface area contributed by atoms with Gasteiger partial charge in [-0.15, -0.1) is 0 Å². The minimum atomic E-state index is -0.403. The number of carbonyl (C=O) groups is 2. The van der Waals surface area contributed by atoms with Crippen molar-refractivity contribution in [2.75, 3.05) is 11.4 Å². The minimum absolute atomic E-state index is 0.174. The Labute approximate surface area is 118 Å². The molecule has 1 unspecified atom stereocenters. The Bertz CT molecular complexity index is 557. The first-order valence-electron chi connectivity index (χ1n) is 6.65. The zero-order valence-electron chi connectivity index (χ0n) is 11.6. The number of benzene rings is 1. The van der Waals surface area contributed by atoms with Crippen molar-refractivity contribution in [2.45, 2.75) is 20.3 Å². The second-order valence-electron chi connectivity index (χ2n) is 5.34. The Morgan fingerprint density at radius 2 is 2.00 bits per heavy atom. The van der Waals surface area contributed by atoms with Crippen molar-refractivity contribution >= 4 is 17.6 Å². The van der Waals surface area contributed by atoms with Crippen LogP contribution in [0.2, 0.25) is 0 Å². The van der Waals surface area contributed by atoms with Crippen molar-refractivity contribution in [3.63, 3.8) is 0 Å². The highest BCUT2D eigenvalue weighted by Crippen LogP contribution is 2.23. The van der Waals surface area contributed by atoms with Crippen LogP contribution in [-0.4, -0.2) is 18.5 Å². The van der Waals surface area contributed by atoms with Crippen molar-refractivity contribution in [1.29, 1.82) is 5.26 Å². The summed E-state index contributed by atoms with van der Waals surface area (Å²) in [6.07, 6.45) is 0.742. The van der Waals surface area contributed by atoms with Crippen LogP contribution in [-0.2, 0) is 4.79 Å². The van der Waals surface area contributed by atoms with Crippen LogP contribution in [0.5, 0.6) is 0 Å². The summed E-state index contributed by atoms with van der Waals surface area (Å²) in [5.74, 6) is 0.0252. The average molecular weight is 271 g/mol. The first-order chi connectivity index (χ1) is 9.52. The summed E-state index contributed by atoms with van der Waals surface area (Å²) < 4.78 is 0. The predicted molar refractivity (Wildman–Crippen MR) is 75.0 cm³/mol. The first-order valence-corrected chi connectivity index (χ1v) is 6.65. The number of imide groups is 1. The van der Waals surface area contributed by atoms with Gasteiger partial charge < -0.3 is 5.32 Å². The number of carbonyl (C=O) groups excluding carboxylic acids is 2. The zero-order chi connectivity index (χ0) is 14.7. The van der Waals surface area contributed by atoms with E-state index in [1.807, 2.05) is 6.07 Å². The van der Waals surface area contributed by atoms with Gasteiger partial charge in [0.05, 0.1) is 23.2 Å². The van der Waals surface area contributed by atoms with E-state index in [1.165, 1.54) is 0 Å². The summed E-state index contributed by atoms with van der Waals surface area (Å²) in [6.45, 7) is 4.49. The monoisotopic (exact) mass is 271 g/mol. The molecular weight excluding hydrogens is 254 g/mol. The molecule has 2 rings (SSSR count). The van der Waals surface area contributed by atoms with Gasteiger partial charge in [-0.2, -0.15) is 5.26 Å². The smallest absolute Gasteiger partial charge is 0.328 e. The highest BCUT2D eigenvalue weighted by Gasteiger charge is 2.35. The lowest BCUT2D eigenvalue weighted by Gasteiger charge is -2.32. The van der Waals surface area contributed by atoms with E-state index in [4.69, 9.17) is 5.26 Å². The molecule has 104 valence electrons. The number of hydrogen-bond donors (Lipinski definition) is 1. The Hall–Kier alpha value is -2.35. The molecule has 0 spiro atoms. The maximum absolute atomic E-state index is 12.4. The highest BCUT2D eigenvalue weighted by molar-refractivity contribution is 6.16. The van der Waals surface area contributed by atoms with E-state index in [2.05, 4.69) is 19.2 Å². The molecule has 20 heavy (non-hydrogen) atoms. The number of anilines is 1. The number of urea groups is 1. The van der Waals surface area contributed by atoms with Gasteiger partial charge in [0.25, 0.3) is 0 Å². The summed E-state index contributed by atoms with van der Waals surface area (Å²) >= 11 is 0. The molecule has 1 saturated heterocycles. The van der Waals surface area contributed by atoms with E-state index in [1.54, 1.807) is 24.3 Å². The quantitative estimate of drug-likeness (QED) is 0.916. The molecule has 1 aliphatic rings. The minimum Gasteiger partial charge on any atom is -0.337 e. The van der Waals surface area contributed by atoms with Crippen LogP contribution in [0, 0.1) is 23.2 Å². The Morgan fingerprint density at radius 1 is 1.35 bits per heavy atom. The van der Waals surface area contributed by atoms with Crippen LogP contribution in [0.4, 0.5) is 10.5 Å². The van der Waals surface area contributed by atoms with Crippen LogP contribution in [0.1, 0.15) is 25.8 Å². The Balaban J connectivity index is 2.25. The third kappa shape index (κ3) is 2.80. The van der Waals surface area contributed by atoms with Crippen molar-refractivity contribution in [3.05, 3.63) is 29.8 Å². The number of nitriles is 1. The summed E-state index contributed by atoms with van der Waals surface area (Å²) in [7, 11) is 0. The second-order valence-corrected chi connectivity index (χ2v) is 5.34. The lowest BCUT2D eigenvalue weighted by molar-refractivity contribution is -0.122. The topological polar surface area (TPSA) is 73.2 Å². The molecule has 1 aromatic carbocycles. The maximum atomic E-state index is 12.4. The molecule has 0 aromatic heterocycles. The van der Waals surface area contributed by atoms with E-state index < -0.39 is 6.03 Å². The SMILES string of the molecule is CC(C)CC1CNC(=O)N(c2ccc(C#N)cc2)C1=O. The van der Waals surface area contributed by atoms with Gasteiger partial charge in [-0.05, 0) is 36.6 Å². The summed E-state index contributed by atoms with van der Waals surface area (Å²) in [5.41, 5.74) is 0.998. The molecule has 0 radical (unpaired) electrons. The fraction of sp³-hybridized carbons (Fsp3) is 0.400. The standard InChI is InChI=1S/C15H17N3O2/c1-10(2)7-12-9-17-15(20)18(14(12)19)13-5-3-11(8-16)4-6-13/h3-6,10,12H,7,9H2,1-2H3,(H,17,20). The molecule has 1 N–H and O–H groups in total. The molecule has 1 fully saturated rings. The predicted octanol–water partition coefficient (Wildman–Crippen LogP) is 2.28. The molecule has 5 heteroatoms. The van der Waals surface area contributed by atoms with E-state index in [0.29, 0.717) is 23.7 Å². The zero-order valence-corrected chi connectivity index (χ0v) is 11.6. The number of hydrogen-bond acceptors (Lipinski definition) is 3. The Morgan fingerprint density at radius 3 is 2.55 bits per heavy atom. The van der Waals surface area contributed by atoms with Gasteiger partial charge in [-0.1, -0.05) is 13.8 Å². The van der Waals surface area contributed by atoms with Crippen LogP contribution in [0.3, 0.4) is 0 Å². The molecular formula is C15H17N3O2. The lowest BCUT2D eigenvalue weighted by atomic mass is 9.94. The van der Waals surface area contributed by atoms with Gasteiger partial charge in [-0.25, -0.2) is 9.69 Å². The summed E-state index contributed by atoms with van der Waals surface area (Å²) in [6, 6.07) is 8.04. The lowest BCUT2D eigenvalue weighted by Crippen LogP contribution is -2.55. The van der Waals surface area contributed by atoms with Gasteiger partial charge in [0, 0.05) is 6.54 Å². The number of rotatable bonds is 3. The number of amides is 3. The summed E-state index contributed by atoms with van der Waals surface area (Å²) in [4.78, 5) is 25.5. The third-order valence-electron chi connectivity index (χ3n) is 3.28. The average Bonchev–Trinajstić information content (AvgIpc) is 2.42. The molecule has 3 amide bonds. The fourth-order valence-electron chi connectivity index (χ4n) is 2.34. The fourth-order valence-corrected chi connectivity index (χ4v) is 2.34. The van der Waals surface area contributed by atoms with Gasteiger partial charge in [0.15, 0.2) is 0 Å². The largest absolute Gasteiger partial charge is 0.337 e. The van der Waals surface area contributed by atoms with Gasteiger partial charge in [-0.3, -0.25) is 4.79 Å². The van der Waals surface area contributed by atoms with Crippen LogP contribution in [0.15, 0.2) is 24.3 Å². The maximum Gasteiger partial charge on any atom is 0.328 e. The van der Waals surface area contributed by atoms with Crippen molar-refractivity contribution in [1.82, 2.24) is 5.32 Å². The molecule has 5 nitrogen and oxygen atoms in total. The van der Waals surface area contributed by atoms with E-state index in [9.17, 15) is 9.59 Å². The van der Waals surface area contributed by atoms with E-state index in [-0.39, 0.29) is 11.8 Å². The van der Waals surface area contributed by atoms with E-state index >= 15 is 0 Å². The van der Waals surface area contributed by atoms with Crippen molar-refractivity contribution in [3.8, 4) is 6.07 Å². The highest BCUT2D eigenvalue weighted by atomic mass is 16.2. The Kier molecular flexibility index (Phi) is 4.04. The van der Waals surface area contributed by atoms with Gasteiger partial charge >= 0.3 is 6.03 Å². The number of nitrogens with zero attached hydrogens (tertiary/aromatic N) is 2. The van der Waals surface area contributed by atoms with Gasteiger partial charge in [0.2, 0.25) is 5.91 Å².